The van der Waals surface area contributed by atoms with Crippen LogP contribution in [0.1, 0.15) is 0 Å². The van der Waals surface area contributed by atoms with Crippen LogP contribution in [0.4, 0.5) is 11.4 Å². The van der Waals surface area contributed by atoms with E-state index in [1.807, 2.05) is 0 Å². The molecule has 1 amide bonds. The number of thiocarbonyl (C=S) groups is 1. The molecule has 1 aliphatic heterocycles. The molecule has 72 valence electrons. The summed E-state index contributed by atoms with van der Waals surface area (Å²) in [5.41, 5.74) is 6.96. The molecule has 0 unspecified atom stereocenters. The average molecular weight is 207 g/mol. The largest absolute Gasteiger partial charge is 0.399 e. The minimum absolute atomic E-state index is 0.0419. The minimum atomic E-state index is -0.0419. The van der Waals surface area contributed by atoms with E-state index >= 15 is 0 Å². The highest BCUT2D eigenvalue weighted by Crippen LogP contribution is 2.18. The van der Waals surface area contributed by atoms with Gasteiger partial charge in [0.15, 0.2) is 5.11 Å². The Labute approximate surface area is 86.7 Å². The second-order valence-corrected chi connectivity index (χ2v) is 3.37. The third kappa shape index (κ3) is 1.42. The summed E-state index contributed by atoms with van der Waals surface area (Å²) in [6.07, 6.45) is 0. The highest BCUT2D eigenvalue weighted by atomic mass is 32.1. The molecule has 0 atom stereocenters. The molecule has 0 saturated carbocycles. The molecule has 0 bridgehead atoms. The maximum Gasteiger partial charge on any atom is 0.252 e. The summed E-state index contributed by atoms with van der Waals surface area (Å²) in [4.78, 5) is 12.9. The van der Waals surface area contributed by atoms with Crippen molar-refractivity contribution in [3.05, 3.63) is 24.3 Å². The van der Waals surface area contributed by atoms with Crippen molar-refractivity contribution in [1.29, 1.82) is 0 Å². The van der Waals surface area contributed by atoms with Crippen LogP contribution in [0.3, 0.4) is 0 Å². The third-order valence-corrected chi connectivity index (χ3v) is 2.32. The molecule has 0 aromatic heterocycles. The van der Waals surface area contributed by atoms with Gasteiger partial charge in [-0.3, -0.25) is 9.69 Å². The van der Waals surface area contributed by atoms with Gasteiger partial charge in [-0.25, -0.2) is 0 Å². The van der Waals surface area contributed by atoms with E-state index in [0.29, 0.717) is 10.8 Å². The second kappa shape index (κ2) is 3.26. The lowest BCUT2D eigenvalue weighted by Gasteiger charge is -2.14. The molecule has 1 aromatic carbocycles. The first-order valence-electron chi connectivity index (χ1n) is 4.15. The van der Waals surface area contributed by atoms with Crippen LogP contribution in [0.2, 0.25) is 0 Å². The average Bonchev–Trinajstić information content (AvgIpc) is 2.49. The Hall–Kier alpha value is -1.62. The lowest BCUT2D eigenvalue weighted by molar-refractivity contribution is -0.115. The van der Waals surface area contributed by atoms with Gasteiger partial charge in [-0.15, -0.1) is 0 Å². The van der Waals surface area contributed by atoms with Crippen molar-refractivity contribution in [2.24, 2.45) is 0 Å². The van der Waals surface area contributed by atoms with Gasteiger partial charge in [-0.05, 0) is 36.5 Å². The number of benzene rings is 1. The van der Waals surface area contributed by atoms with Crippen LogP contribution < -0.4 is 16.0 Å². The number of nitrogens with two attached hydrogens (primary N) is 1. The van der Waals surface area contributed by atoms with E-state index in [1.54, 1.807) is 24.3 Å². The van der Waals surface area contributed by atoms with Crippen LogP contribution in [-0.4, -0.2) is 17.6 Å². The van der Waals surface area contributed by atoms with Crippen molar-refractivity contribution in [3.63, 3.8) is 0 Å². The van der Waals surface area contributed by atoms with Crippen LogP contribution >= 0.6 is 12.2 Å². The summed E-state index contributed by atoms with van der Waals surface area (Å²) in [6, 6.07) is 7.02. The molecule has 1 saturated heterocycles. The fourth-order valence-electron chi connectivity index (χ4n) is 1.31. The van der Waals surface area contributed by atoms with Crippen molar-refractivity contribution in [3.8, 4) is 0 Å². The van der Waals surface area contributed by atoms with E-state index in [-0.39, 0.29) is 12.5 Å². The summed E-state index contributed by atoms with van der Waals surface area (Å²) < 4.78 is 0. The smallest absolute Gasteiger partial charge is 0.252 e. The molecule has 1 aliphatic rings. The first-order valence-corrected chi connectivity index (χ1v) is 4.55. The van der Waals surface area contributed by atoms with Crippen LogP contribution in [0, 0.1) is 0 Å². The predicted molar refractivity (Wildman–Crippen MR) is 58.9 cm³/mol. The van der Waals surface area contributed by atoms with Crippen LogP contribution in [0.5, 0.6) is 0 Å². The van der Waals surface area contributed by atoms with E-state index in [0.717, 1.165) is 5.69 Å². The molecular weight excluding hydrogens is 198 g/mol. The first kappa shape index (κ1) is 8.96. The maximum atomic E-state index is 11.4. The number of nitrogens with zero attached hydrogens (tertiary/aromatic N) is 1. The van der Waals surface area contributed by atoms with Gasteiger partial charge in [0, 0.05) is 5.69 Å². The molecule has 2 rings (SSSR count). The highest BCUT2D eigenvalue weighted by molar-refractivity contribution is 7.80. The Morgan fingerprint density at radius 2 is 2.00 bits per heavy atom. The molecule has 1 heterocycles. The fraction of sp³-hybridized carbons (Fsp3) is 0.111. The van der Waals surface area contributed by atoms with E-state index in [4.69, 9.17) is 18.0 Å². The Balaban J connectivity index is 2.34. The van der Waals surface area contributed by atoms with Crippen molar-refractivity contribution >= 4 is 34.6 Å². The molecule has 5 heteroatoms. The molecule has 0 spiro atoms. The first-order chi connectivity index (χ1) is 6.68. The van der Waals surface area contributed by atoms with Crippen molar-refractivity contribution < 1.29 is 4.79 Å². The van der Waals surface area contributed by atoms with E-state index in [1.165, 1.54) is 4.90 Å². The summed E-state index contributed by atoms with van der Waals surface area (Å²) in [7, 11) is 0. The Bertz CT molecular complexity index is 372. The van der Waals surface area contributed by atoms with Crippen LogP contribution in [0.15, 0.2) is 24.3 Å². The number of carbonyl (C=O) groups is 1. The lowest BCUT2D eigenvalue weighted by Crippen LogP contribution is -2.30. The Morgan fingerprint density at radius 1 is 1.36 bits per heavy atom. The summed E-state index contributed by atoms with van der Waals surface area (Å²) >= 11 is 5.00. The van der Waals surface area contributed by atoms with Crippen LogP contribution in [0.25, 0.3) is 0 Å². The molecule has 3 N–H and O–H groups in total. The van der Waals surface area contributed by atoms with E-state index in [2.05, 4.69) is 5.32 Å². The SMILES string of the molecule is Nc1ccc(N2C(=O)CNC2=S)cc1. The number of carbonyl (C=O) groups excluding carboxylic acids is 1. The van der Waals surface area contributed by atoms with Crippen molar-refractivity contribution in [2.45, 2.75) is 0 Å². The molecule has 1 fully saturated rings. The zero-order valence-electron chi connectivity index (χ0n) is 7.36. The number of anilines is 2. The fourth-order valence-corrected chi connectivity index (χ4v) is 1.59. The summed E-state index contributed by atoms with van der Waals surface area (Å²) in [5.74, 6) is -0.0419. The number of amides is 1. The van der Waals surface area contributed by atoms with Crippen molar-refractivity contribution in [2.75, 3.05) is 17.2 Å². The predicted octanol–water partition coefficient (Wildman–Crippen LogP) is 0.490. The Morgan fingerprint density at radius 3 is 2.50 bits per heavy atom. The maximum absolute atomic E-state index is 11.4. The number of hydrogen-bond donors (Lipinski definition) is 2. The monoisotopic (exact) mass is 207 g/mol. The number of hydrogen-bond acceptors (Lipinski definition) is 3. The molecule has 4 nitrogen and oxygen atoms in total. The number of nitrogen functional groups attached to an aromatic ring is 1. The van der Waals surface area contributed by atoms with Gasteiger partial charge >= 0.3 is 0 Å². The van der Waals surface area contributed by atoms with Gasteiger partial charge in [-0.2, -0.15) is 0 Å². The Kier molecular flexibility index (Phi) is 2.09. The molecule has 0 radical (unpaired) electrons. The number of rotatable bonds is 1. The van der Waals surface area contributed by atoms with Gasteiger partial charge in [0.2, 0.25) is 0 Å². The van der Waals surface area contributed by atoms with Gasteiger partial charge in [0.25, 0.3) is 5.91 Å². The zero-order valence-corrected chi connectivity index (χ0v) is 8.17. The lowest BCUT2D eigenvalue weighted by atomic mass is 10.2. The van der Waals surface area contributed by atoms with E-state index < -0.39 is 0 Å². The topological polar surface area (TPSA) is 58.4 Å². The quantitative estimate of drug-likeness (QED) is 0.520. The van der Waals surface area contributed by atoms with Gasteiger partial charge < -0.3 is 11.1 Å². The number of nitrogens with one attached hydrogen (secondary N) is 1. The zero-order chi connectivity index (χ0) is 10.1. The summed E-state index contributed by atoms with van der Waals surface area (Å²) in [5, 5.41) is 3.25. The normalized spacial score (nSPS) is 15.9. The second-order valence-electron chi connectivity index (χ2n) is 2.98. The van der Waals surface area contributed by atoms with Crippen LogP contribution in [-0.2, 0) is 4.79 Å². The third-order valence-electron chi connectivity index (χ3n) is 1.99. The molecular formula is C9H9N3OS. The van der Waals surface area contributed by atoms with Gasteiger partial charge in [0.05, 0.1) is 12.2 Å². The molecule has 14 heavy (non-hydrogen) atoms. The van der Waals surface area contributed by atoms with Gasteiger partial charge in [-0.1, -0.05) is 0 Å². The molecule has 0 aliphatic carbocycles. The highest BCUT2D eigenvalue weighted by Gasteiger charge is 2.26. The van der Waals surface area contributed by atoms with Gasteiger partial charge in [0.1, 0.15) is 0 Å². The van der Waals surface area contributed by atoms with Crippen molar-refractivity contribution in [1.82, 2.24) is 5.32 Å². The van der Waals surface area contributed by atoms with E-state index in [9.17, 15) is 4.79 Å². The molecule has 1 aromatic rings. The summed E-state index contributed by atoms with van der Waals surface area (Å²) in [6.45, 7) is 0.267. The standard InChI is InChI=1S/C9H9N3OS/c10-6-1-3-7(4-2-6)12-8(13)5-11-9(12)14/h1-4H,5,10H2,(H,11,14). The minimum Gasteiger partial charge on any atom is -0.399 e.